The molecule has 7 rings (SSSR count). The van der Waals surface area contributed by atoms with E-state index in [1.807, 2.05) is 0 Å². The van der Waals surface area contributed by atoms with Gasteiger partial charge in [-0.25, -0.2) is 4.98 Å². The number of carbonyl (C=O) groups excluding carboxylic acids is 12. The molecule has 6 aromatic rings. The molecule has 0 unspecified atom stereocenters. The number of aromatic amines is 2. The van der Waals surface area contributed by atoms with Crippen LogP contribution < -0.4 is 92.1 Å². The number of imidazole rings is 1. The second-order valence-corrected chi connectivity index (χ2v) is 30.2. The summed E-state index contributed by atoms with van der Waals surface area (Å²) in [6, 6.07) is 15.2. The molecule has 35 nitrogen and oxygen atoms in total. The maximum atomic E-state index is 15.8. The Balaban J connectivity index is 1.34. The molecule has 0 bridgehead atoms. The first kappa shape index (κ1) is 85.5. The van der Waals surface area contributed by atoms with Gasteiger partial charge in [-0.3, -0.25) is 68.4 Å². The third-order valence-electron chi connectivity index (χ3n) is 17.6. The smallest absolute Gasteiger partial charge is 0.244 e. The average molecular weight is 1560 g/mol. The third-order valence-corrected chi connectivity index (χ3v) is 20.9. The molecule has 110 heavy (non-hydrogen) atoms. The minimum Gasteiger partial charge on any atom is -0.508 e. The minimum absolute atomic E-state index is 0.00460. The van der Waals surface area contributed by atoms with Crippen LogP contribution in [0.5, 0.6) is 5.75 Å². The van der Waals surface area contributed by atoms with E-state index in [-0.39, 0.29) is 82.4 Å². The molecule has 3 heterocycles. The van der Waals surface area contributed by atoms with Gasteiger partial charge in [0.1, 0.15) is 60.1 Å². The lowest BCUT2D eigenvalue weighted by molar-refractivity contribution is -0.136. The number of nitrogens with one attached hydrogen (secondary N) is 17. The summed E-state index contributed by atoms with van der Waals surface area (Å²) in [6.07, 6.45) is 3.37. The predicted molar refractivity (Wildman–Crippen MR) is 414 cm³/mol. The standard InChI is InChI=1S/C73H98N22O13S2/c1-40(2)59(94-61(99)48(74)29-43-23-25-46(96)26-24-43)69(107)93-56-38-109-110-73(3,4)60(70(108)89-51(22-14-28-82-72(78)79)65(103)90-52(62(100)84-36-57(75)97)30-41-15-7-5-8-16-41)95-68(106)54(32-44-34-83-49-20-12-11-19-47(44)49)92-64(102)50(21-13-27-81-71(76)77)88-66(104)53(31-42-17-9-6-10-18-42)91-67(105)55(33-45-35-80-39-86-45)87-58(98)37-85-63(56)101/h5-12,15-20,23-26,34-35,39-40,48,50-56,59-60,83,96H,13-14,21-22,27-33,36-38,74H2,1-4H3,(H2,75,97)(H,80,86)(H,84,100)(H,85,101)(H,87,98)(H,88,104)(H,89,108)(H,90,103)(H,91,105)(H,92,102)(H,93,107)(H,94,99)(H,95,106)(H4,76,77,81)(H4,78,79,82)/t48-,50-,51-,52-,53-,54-,55-,56-,59-,60+/m0/s1. The fourth-order valence-corrected chi connectivity index (χ4v) is 14.6. The van der Waals surface area contributed by atoms with Crippen molar-refractivity contribution in [1.29, 1.82) is 10.8 Å². The zero-order chi connectivity index (χ0) is 80.0. The SMILES string of the molecule is CC(C)[C@H](NC(=O)[C@@H](N)Cc1ccc(O)cc1)C(=O)N[C@H]1CSSC(C)(C)[C@@H](C(=O)N[C@@H](CCCNC(=N)N)C(=O)N[C@@H](Cc2ccccc2)C(=O)NCC(N)=O)NC(=O)[C@H](Cc2c[nH]c3ccccc23)NC(=O)[C@H](CCCNC(=N)N)NC(=O)[C@H](Cc2ccccc2)NC(=O)[C@H](Cc2c[nH]cn2)NC(=O)CNC1=O. The van der Waals surface area contributed by atoms with Crippen molar-refractivity contribution in [2.75, 3.05) is 31.9 Å². The summed E-state index contributed by atoms with van der Waals surface area (Å²) >= 11 is 0. The number of primary amides is 1. The molecule has 0 spiro atoms. The molecule has 0 saturated carbocycles. The Morgan fingerprint density at radius 2 is 1.21 bits per heavy atom. The number of carbonyl (C=O) groups is 12. The van der Waals surface area contributed by atoms with E-state index in [4.69, 9.17) is 33.8 Å². The van der Waals surface area contributed by atoms with Crippen LogP contribution in [0, 0.1) is 16.7 Å². The van der Waals surface area contributed by atoms with Crippen molar-refractivity contribution >= 4 is 115 Å². The molecular formula is C73H98N22O13S2. The van der Waals surface area contributed by atoms with Crippen LogP contribution in [0.4, 0.5) is 0 Å². The molecule has 2 aromatic heterocycles. The molecular weight excluding hydrogens is 1460 g/mol. The maximum absolute atomic E-state index is 15.8. The van der Waals surface area contributed by atoms with Crippen LogP contribution in [-0.2, 0) is 89.6 Å². The van der Waals surface area contributed by atoms with Crippen molar-refractivity contribution in [2.24, 2.45) is 28.9 Å². The van der Waals surface area contributed by atoms with Gasteiger partial charge in [-0.1, -0.05) is 126 Å². The van der Waals surface area contributed by atoms with Crippen LogP contribution in [0.15, 0.2) is 128 Å². The van der Waals surface area contributed by atoms with E-state index in [1.54, 1.807) is 131 Å². The van der Waals surface area contributed by atoms with Crippen molar-refractivity contribution in [3.63, 3.8) is 0 Å². The van der Waals surface area contributed by atoms with Crippen molar-refractivity contribution in [1.82, 2.24) is 84.1 Å². The van der Waals surface area contributed by atoms with E-state index < -0.39 is 167 Å². The minimum atomic E-state index is -1.78. The topological polar surface area (TPSA) is 578 Å². The zero-order valence-corrected chi connectivity index (χ0v) is 62.9. The number of fused-ring (bicyclic) bond motifs is 1. The van der Waals surface area contributed by atoms with Crippen LogP contribution in [0.3, 0.4) is 0 Å². The summed E-state index contributed by atoms with van der Waals surface area (Å²) in [4.78, 5) is 185. The van der Waals surface area contributed by atoms with Crippen LogP contribution in [0.2, 0.25) is 0 Å². The summed E-state index contributed by atoms with van der Waals surface area (Å²) in [5.74, 6) is -12.7. The van der Waals surface area contributed by atoms with E-state index in [2.05, 4.69) is 84.1 Å². The number of aromatic hydroxyl groups is 1. The summed E-state index contributed by atoms with van der Waals surface area (Å²) < 4.78 is -1.61. The van der Waals surface area contributed by atoms with Gasteiger partial charge < -0.3 is 107 Å². The largest absolute Gasteiger partial charge is 0.508 e. The van der Waals surface area contributed by atoms with Gasteiger partial charge in [-0.15, -0.1) is 0 Å². The Hall–Kier alpha value is -11.7. The third kappa shape index (κ3) is 27.5. The lowest BCUT2D eigenvalue weighted by atomic mass is 9.98. The predicted octanol–water partition coefficient (Wildman–Crippen LogP) is -2.13. The molecule has 12 amide bonds. The molecule has 1 fully saturated rings. The van der Waals surface area contributed by atoms with Gasteiger partial charge in [0.05, 0.1) is 31.2 Å². The van der Waals surface area contributed by atoms with E-state index in [1.165, 1.54) is 24.7 Å². The lowest BCUT2D eigenvalue weighted by Crippen LogP contribution is -2.63. The first-order valence-electron chi connectivity index (χ1n) is 35.6. The van der Waals surface area contributed by atoms with Gasteiger partial charge in [-0.2, -0.15) is 0 Å². The second kappa shape index (κ2) is 42.1. The Morgan fingerprint density at radius 1 is 0.618 bits per heavy atom. The molecule has 37 heteroatoms. The number of guanidine groups is 2. The normalized spacial score (nSPS) is 19.3. The fraction of sp³-hybridized carbons (Fsp3) is 0.411. The number of rotatable bonds is 30. The highest BCUT2D eigenvalue weighted by Gasteiger charge is 2.43. The van der Waals surface area contributed by atoms with Crippen molar-refractivity contribution in [3.05, 3.63) is 156 Å². The number of H-pyrrole nitrogens is 2. The van der Waals surface area contributed by atoms with Crippen LogP contribution >= 0.6 is 21.6 Å². The van der Waals surface area contributed by atoms with E-state index in [0.717, 1.165) is 21.6 Å². The Bertz CT molecular complexity index is 4170. The summed E-state index contributed by atoms with van der Waals surface area (Å²) in [5.41, 5.74) is 26.2. The summed E-state index contributed by atoms with van der Waals surface area (Å²) in [6.45, 7) is 4.97. The maximum Gasteiger partial charge on any atom is 0.244 e. The van der Waals surface area contributed by atoms with Crippen LogP contribution in [0.1, 0.15) is 81.3 Å². The van der Waals surface area contributed by atoms with Gasteiger partial charge in [0, 0.05) is 72.6 Å². The number of para-hydroxylation sites is 1. The molecule has 1 aliphatic rings. The number of hydrogen-bond donors (Lipinski definition) is 22. The number of nitrogens with two attached hydrogens (primary N) is 4. The molecule has 26 N–H and O–H groups in total. The molecule has 0 aliphatic carbocycles. The number of phenols is 1. The first-order valence-corrected chi connectivity index (χ1v) is 37.9. The summed E-state index contributed by atoms with van der Waals surface area (Å²) in [7, 11) is 1.82. The quantitative estimate of drug-likeness (QED) is 0.00992. The van der Waals surface area contributed by atoms with Crippen molar-refractivity contribution < 1.29 is 62.6 Å². The highest BCUT2D eigenvalue weighted by Crippen LogP contribution is 2.39. The zero-order valence-electron chi connectivity index (χ0n) is 61.3. The molecule has 10 atom stereocenters. The number of nitrogens with zero attached hydrogens (tertiary/aromatic N) is 1. The first-order chi connectivity index (χ1) is 52.4. The van der Waals surface area contributed by atoms with Crippen LogP contribution in [-0.4, -0.2) is 200 Å². The highest BCUT2D eigenvalue weighted by atomic mass is 33.1. The van der Waals surface area contributed by atoms with Gasteiger partial charge in [-0.05, 0) is 92.3 Å². The Kier molecular flexibility index (Phi) is 32.8. The fourth-order valence-electron chi connectivity index (χ4n) is 11.8. The summed E-state index contributed by atoms with van der Waals surface area (Å²) in [5, 5.41) is 61.1. The number of benzene rings is 4. The van der Waals surface area contributed by atoms with Gasteiger partial charge >= 0.3 is 0 Å². The molecule has 1 saturated heterocycles. The highest BCUT2D eigenvalue weighted by molar-refractivity contribution is 8.77. The number of aromatic nitrogens is 3. The van der Waals surface area contributed by atoms with Crippen molar-refractivity contribution in [3.8, 4) is 5.75 Å². The second-order valence-electron chi connectivity index (χ2n) is 27.2. The number of amides is 12. The monoisotopic (exact) mass is 1550 g/mol. The Morgan fingerprint density at radius 3 is 1.85 bits per heavy atom. The van der Waals surface area contributed by atoms with E-state index >= 15 is 19.2 Å². The average Bonchev–Trinajstić information content (AvgIpc) is 1.53. The van der Waals surface area contributed by atoms with Crippen LogP contribution in [0.25, 0.3) is 10.9 Å². The van der Waals surface area contributed by atoms with Gasteiger partial charge in [0.15, 0.2) is 11.9 Å². The van der Waals surface area contributed by atoms with E-state index in [9.17, 15) is 43.5 Å². The molecule has 590 valence electrons. The van der Waals surface area contributed by atoms with Gasteiger partial charge in [0.25, 0.3) is 0 Å². The number of hydrogen-bond acceptors (Lipinski definition) is 19. The molecule has 1 aliphatic heterocycles. The lowest BCUT2D eigenvalue weighted by Gasteiger charge is -2.35. The van der Waals surface area contributed by atoms with Gasteiger partial charge in [0.2, 0.25) is 70.9 Å². The van der Waals surface area contributed by atoms with Crippen molar-refractivity contribution in [2.45, 2.75) is 151 Å². The van der Waals surface area contributed by atoms with E-state index in [0.29, 0.717) is 38.9 Å². The Labute approximate surface area is 642 Å². The molecule has 0 radical (unpaired) electrons. The number of phenolic OH excluding ortho intramolecular Hbond substituents is 1. The molecule has 4 aromatic carbocycles.